The minimum atomic E-state index is -0.373. The maximum absolute atomic E-state index is 10.7. The van der Waals surface area contributed by atoms with E-state index in [9.17, 15) is 5.11 Å². The van der Waals surface area contributed by atoms with E-state index < -0.39 is 0 Å². The van der Waals surface area contributed by atoms with Crippen LogP contribution in [0.4, 0.5) is 0 Å². The van der Waals surface area contributed by atoms with Gasteiger partial charge >= 0.3 is 0 Å². The molecule has 4 unspecified atom stereocenters. The van der Waals surface area contributed by atoms with E-state index in [-0.39, 0.29) is 12.1 Å². The Morgan fingerprint density at radius 1 is 1.26 bits per heavy atom. The third-order valence-corrected chi connectivity index (χ3v) is 4.54. The van der Waals surface area contributed by atoms with Gasteiger partial charge in [-0.15, -0.1) is 0 Å². The van der Waals surface area contributed by atoms with Crippen LogP contribution in [0.25, 0.3) is 0 Å². The van der Waals surface area contributed by atoms with E-state index >= 15 is 0 Å². The topological polar surface area (TPSA) is 23.5 Å². The fraction of sp³-hybridized carbons (Fsp3) is 0.647. The van der Waals surface area contributed by atoms with Crippen molar-refractivity contribution < 1.29 is 5.11 Å². The van der Waals surface area contributed by atoms with Gasteiger partial charge < -0.3 is 5.11 Å². The van der Waals surface area contributed by atoms with Gasteiger partial charge in [0.25, 0.3) is 0 Å². The van der Waals surface area contributed by atoms with Gasteiger partial charge in [0, 0.05) is 12.1 Å². The lowest BCUT2D eigenvalue weighted by atomic mass is 9.89. The second-order valence-electron chi connectivity index (χ2n) is 6.05. The molecule has 0 bridgehead atoms. The molecule has 1 aliphatic rings. The highest BCUT2D eigenvalue weighted by Crippen LogP contribution is 2.30. The predicted molar refractivity (Wildman–Crippen MR) is 80.0 cm³/mol. The van der Waals surface area contributed by atoms with Gasteiger partial charge in [0.2, 0.25) is 0 Å². The van der Waals surface area contributed by atoms with E-state index in [1.807, 2.05) is 30.3 Å². The highest BCUT2D eigenvalue weighted by Gasteiger charge is 2.32. The molecule has 2 heteroatoms. The summed E-state index contributed by atoms with van der Waals surface area (Å²) in [5.74, 6) is 0.817. The molecule has 19 heavy (non-hydrogen) atoms. The fourth-order valence-electron chi connectivity index (χ4n) is 3.43. The molecule has 0 radical (unpaired) electrons. The van der Waals surface area contributed by atoms with Crippen LogP contribution in [0.15, 0.2) is 30.3 Å². The Labute approximate surface area is 117 Å². The van der Waals surface area contributed by atoms with Gasteiger partial charge in [-0.1, -0.05) is 44.2 Å². The molecule has 0 aromatic heterocycles. The number of likely N-dealkylation sites (tertiary alicyclic amines) is 1. The van der Waals surface area contributed by atoms with Crippen LogP contribution >= 0.6 is 0 Å². The van der Waals surface area contributed by atoms with Crippen molar-refractivity contribution in [1.29, 1.82) is 0 Å². The first kappa shape index (κ1) is 14.5. The van der Waals surface area contributed by atoms with Crippen LogP contribution in [-0.2, 0) is 0 Å². The smallest absolute Gasteiger partial charge is 0.0945 e. The highest BCUT2D eigenvalue weighted by molar-refractivity contribution is 5.19. The van der Waals surface area contributed by atoms with E-state index in [1.54, 1.807) is 0 Å². The zero-order valence-corrected chi connectivity index (χ0v) is 12.4. The summed E-state index contributed by atoms with van der Waals surface area (Å²) >= 11 is 0. The third kappa shape index (κ3) is 3.37. The van der Waals surface area contributed by atoms with Crippen molar-refractivity contribution in [2.45, 2.75) is 58.2 Å². The SMILES string of the molecule is CCC(C(O)c1ccccc1)N1CCC(C)CC1C. The number of rotatable bonds is 4. The first-order valence-electron chi connectivity index (χ1n) is 7.62. The van der Waals surface area contributed by atoms with Crippen LogP contribution in [0.2, 0.25) is 0 Å². The molecular weight excluding hydrogens is 234 g/mol. The van der Waals surface area contributed by atoms with E-state index in [0.29, 0.717) is 6.04 Å². The maximum Gasteiger partial charge on any atom is 0.0945 e. The van der Waals surface area contributed by atoms with E-state index in [0.717, 1.165) is 24.4 Å². The minimum absolute atomic E-state index is 0.241. The summed E-state index contributed by atoms with van der Waals surface area (Å²) in [5, 5.41) is 10.7. The molecule has 1 N–H and O–H groups in total. The number of aliphatic hydroxyl groups excluding tert-OH is 1. The Morgan fingerprint density at radius 2 is 1.95 bits per heavy atom. The molecule has 1 aromatic rings. The normalized spacial score (nSPS) is 28.0. The van der Waals surface area contributed by atoms with Crippen LogP contribution in [0.3, 0.4) is 0 Å². The van der Waals surface area contributed by atoms with Crippen molar-refractivity contribution in [2.75, 3.05) is 6.54 Å². The standard InChI is InChI=1S/C17H27NO/c1-4-16(17(19)15-8-6-5-7-9-15)18-11-10-13(2)12-14(18)3/h5-9,13-14,16-17,19H,4,10-12H2,1-3H3. The molecule has 4 atom stereocenters. The second-order valence-corrected chi connectivity index (χ2v) is 6.05. The highest BCUT2D eigenvalue weighted by atomic mass is 16.3. The van der Waals surface area contributed by atoms with E-state index in [2.05, 4.69) is 25.7 Å². The largest absolute Gasteiger partial charge is 0.387 e. The second kappa shape index (κ2) is 6.53. The predicted octanol–water partition coefficient (Wildman–Crippen LogP) is 3.62. The summed E-state index contributed by atoms with van der Waals surface area (Å²) in [7, 11) is 0. The number of hydrogen-bond acceptors (Lipinski definition) is 2. The van der Waals surface area contributed by atoms with Gasteiger partial charge in [-0.3, -0.25) is 4.90 Å². The molecule has 0 saturated carbocycles. The molecule has 1 aliphatic heterocycles. The van der Waals surface area contributed by atoms with Crippen LogP contribution in [0.5, 0.6) is 0 Å². The summed E-state index contributed by atoms with van der Waals surface area (Å²) in [5.41, 5.74) is 1.04. The molecule has 106 valence electrons. The Hall–Kier alpha value is -0.860. The molecule has 1 aromatic carbocycles. The van der Waals surface area contributed by atoms with Crippen molar-refractivity contribution in [3.8, 4) is 0 Å². The molecule has 0 amide bonds. The van der Waals surface area contributed by atoms with Crippen LogP contribution < -0.4 is 0 Å². The van der Waals surface area contributed by atoms with Gasteiger partial charge in [0.05, 0.1) is 6.10 Å². The average Bonchev–Trinajstić information content (AvgIpc) is 2.42. The average molecular weight is 261 g/mol. The lowest BCUT2D eigenvalue weighted by Crippen LogP contribution is -2.48. The van der Waals surface area contributed by atoms with Gasteiger partial charge in [-0.05, 0) is 44.2 Å². The lowest BCUT2D eigenvalue weighted by Gasteiger charge is -2.43. The van der Waals surface area contributed by atoms with E-state index in [1.165, 1.54) is 12.8 Å². The molecular formula is C17H27NO. The van der Waals surface area contributed by atoms with Crippen LogP contribution in [0.1, 0.15) is 51.7 Å². The molecule has 2 nitrogen and oxygen atoms in total. The lowest BCUT2D eigenvalue weighted by molar-refractivity contribution is -0.0000875. The van der Waals surface area contributed by atoms with Crippen LogP contribution in [0, 0.1) is 5.92 Å². The van der Waals surface area contributed by atoms with E-state index in [4.69, 9.17) is 0 Å². The van der Waals surface area contributed by atoms with Crippen molar-refractivity contribution in [3.63, 3.8) is 0 Å². The van der Waals surface area contributed by atoms with Crippen molar-refractivity contribution in [2.24, 2.45) is 5.92 Å². The molecule has 1 saturated heterocycles. The quantitative estimate of drug-likeness (QED) is 0.895. The summed E-state index contributed by atoms with van der Waals surface area (Å²) in [6.07, 6.45) is 3.12. The zero-order chi connectivity index (χ0) is 13.8. The first-order valence-corrected chi connectivity index (χ1v) is 7.62. The molecule has 0 aliphatic carbocycles. The molecule has 1 heterocycles. The zero-order valence-electron chi connectivity index (χ0n) is 12.4. The Kier molecular flexibility index (Phi) is 5.00. The summed E-state index contributed by atoms with van der Waals surface area (Å²) in [6.45, 7) is 7.94. The monoisotopic (exact) mass is 261 g/mol. The minimum Gasteiger partial charge on any atom is -0.387 e. The van der Waals surface area contributed by atoms with Gasteiger partial charge in [-0.25, -0.2) is 0 Å². The number of aliphatic hydroxyl groups is 1. The molecule has 0 spiro atoms. The summed E-state index contributed by atoms with van der Waals surface area (Å²) in [6, 6.07) is 10.9. The number of piperidine rings is 1. The Morgan fingerprint density at radius 3 is 2.53 bits per heavy atom. The maximum atomic E-state index is 10.7. The summed E-state index contributed by atoms with van der Waals surface area (Å²) < 4.78 is 0. The van der Waals surface area contributed by atoms with Gasteiger partial charge in [0.1, 0.15) is 0 Å². The Bertz CT molecular complexity index is 378. The number of nitrogens with zero attached hydrogens (tertiary/aromatic N) is 1. The van der Waals surface area contributed by atoms with Gasteiger partial charge in [0.15, 0.2) is 0 Å². The summed E-state index contributed by atoms with van der Waals surface area (Å²) in [4.78, 5) is 2.51. The number of benzene rings is 1. The fourth-order valence-corrected chi connectivity index (χ4v) is 3.43. The van der Waals surface area contributed by atoms with Crippen molar-refractivity contribution >= 4 is 0 Å². The van der Waals surface area contributed by atoms with Gasteiger partial charge in [-0.2, -0.15) is 0 Å². The molecule has 1 fully saturated rings. The van der Waals surface area contributed by atoms with Crippen molar-refractivity contribution in [3.05, 3.63) is 35.9 Å². The first-order chi connectivity index (χ1) is 9.13. The number of hydrogen-bond donors (Lipinski definition) is 1. The third-order valence-electron chi connectivity index (χ3n) is 4.54. The van der Waals surface area contributed by atoms with Crippen molar-refractivity contribution in [1.82, 2.24) is 4.90 Å². The molecule has 2 rings (SSSR count). The Balaban J connectivity index is 2.11. The van der Waals surface area contributed by atoms with Crippen LogP contribution in [-0.4, -0.2) is 28.6 Å².